The van der Waals surface area contributed by atoms with Crippen LogP contribution in [0.1, 0.15) is 219 Å². The average molecular weight is 923 g/mol. The number of aryl methyl sites for hydroxylation is 3. The van der Waals surface area contributed by atoms with Gasteiger partial charge in [0.1, 0.15) is 11.5 Å². The predicted molar refractivity (Wildman–Crippen MR) is 293 cm³/mol. The Bertz CT molecular complexity index is 2670. The molecule has 5 aliphatic rings. The van der Waals surface area contributed by atoms with Crippen molar-refractivity contribution in [1.82, 2.24) is 0 Å². The maximum atomic E-state index is 12.7. The molecule has 4 fully saturated rings. The maximum absolute atomic E-state index is 12.7. The molecular formula is C67H86O2. The number of unbranched alkanes of at least 4 members (excludes halogenated alkanes) is 1. The third kappa shape index (κ3) is 10.0. The highest BCUT2D eigenvalue weighted by molar-refractivity contribution is 5.76. The highest BCUT2D eigenvalue weighted by atomic mass is 16.3. The molecule has 4 bridgehead atoms. The molecule has 0 spiro atoms. The Balaban J connectivity index is 0.959. The lowest BCUT2D eigenvalue weighted by atomic mass is 9.48. The second kappa shape index (κ2) is 18.9. The summed E-state index contributed by atoms with van der Waals surface area (Å²) in [6, 6.07) is 32.8. The number of phenolic OH excluding ortho intramolecular Hbond substituents is 2. The van der Waals surface area contributed by atoms with Gasteiger partial charge in [-0.3, -0.25) is 0 Å². The number of aromatic hydroxyl groups is 2. The van der Waals surface area contributed by atoms with E-state index in [0.717, 1.165) is 79.4 Å². The van der Waals surface area contributed by atoms with Crippen molar-refractivity contribution in [3.63, 3.8) is 0 Å². The largest absolute Gasteiger partial charge is 0.507 e. The van der Waals surface area contributed by atoms with E-state index in [1.54, 1.807) is 0 Å². The van der Waals surface area contributed by atoms with Gasteiger partial charge in [0.05, 0.1) is 0 Å². The molecule has 0 aliphatic heterocycles. The lowest BCUT2D eigenvalue weighted by molar-refractivity contribution is -0.00617. The Kier molecular flexibility index (Phi) is 13.5. The molecule has 5 aromatic rings. The second-order valence-electron chi connectivity index (χ2n) is 26.2. The molecule has 5 aliphatic carbocycles. The summed E-state index contributed by atoms with van der Waals surface area (Å²) in [5, 5.41) is 24.6. The summed E-state index contributed by atoms with van der Waals surface area (Å²) in [7, 11) is 0. The van der Waals surface area contributed by atoms with E-state index in [0.29, 0.717) is 23.3 Å². The number of rotatable bonds is 12. The minimum Gasteiger partial charge on any atom is -0.507 e. The van der Waals surface area contributed by atoms with Crippen molar-refractivity contribution < 1.29 is 10.2 Å². The second-order valence-corrected chi connectivity index (χ2v) is 26.2. The molecule has 2 heteroatoms. The summed E-state index contributed by atoms with van der Waals surface area (Å²) < 4.78 is 0. The average Bonchev–Trinajstić information content (AvgIpc) is 3.44. The van der Waals surface area contributed by atoms with Gasteiger partial charge in [0.15, 0.2) is 0 Å². The van der Waals surface area contributed by atoms with Crippen molar-refractivity contribution in [1.29, 1.82) is 0 Å². The smallest absolute Gasteiger partial charge is 0.126 e. The van der Waals surface area contributed by atoms with Crippen LogP contribution < -0.4 is 0 Å². The summed E-state index contributed by atoms with van der Waals surface area (Å²) in [5.41, 5.74) is 18.2. The van der Waals surface area contributed by atoms with Crippen LogP contribution in [0, 0.1) is 30.6 Å². The lowest BCUT2D eigenvalue weighted by Crippen LogP contribution is -2.48. The number of benzene rings is 5. The first kappa shape index (κ1) is 49.4. The van der Waals surface area contributed by atoms with Gasteiger partial charge in [-0.15, -0.1) is 0 Å². The SMILES string of the molecule is CCC(Cc1cc(C(C)(C)C)cc(C2CCc3ccc(C(C)(C)C)cc3-c3cc(C(C)(C)C)ccc32)c1O)C(C)c1ccccc1CCCC=Cc1cc(C)cc(C23CC4CC(CC(C4)C2)C3)c1O. The maximum Gasteiger partial charge on any atom is 0.126 e. The zero-order valence-corrected chi connectivity index (χ0v) is 44.8. The van der Waals surface area contributed by atoms with E-state index < -0.39 is 0 Å². The highest BCUT2D eigenvalue weighted by Crippen LogP contribution is 2.62. The van der Waals surface area contributed by atoms with E-state index in [9.17, 15) is 10.2 Å². The molecule has 4 saturated carbocycles. The van der Waals surface area contributed by atoms with Crippen LogP contribution in [-0.4, -0.2) is 10.2 Å². The van der Waals surface area contributed by atoms with E-state index in [2.05, 4.69) is 180 Å². The summed E-state index contributed by atoms with van der Waals surface area (Å²) in [4.78, 5) is 0. The molecule has 366 valence electrons. The fraction of sp³-hybridized carbons (Fsp3) is 0.522. The summed E-state index contributed by atoms with van der Waals surface area (Å²) >= 11 is 0. The third-order valence-corrected chi connectivity index (χ3v) is 18.0. The molecule has 0 amide bonds. The molecule has 0 aromatic heterocycles. The Morgan fingerprint density at radius 3 is 1.93 bits per heavy atom. The molecule has 69 heavy (non-hydrogen) atoms. The van der Waals surface area contributed by atoms with Gasteiger partial charge < -0.3 is 10.2 Å². The van der Waals surface area contributed by atoms with Crippen molar-refractivity contribution in [2.45, 2.75) is 200 Å². The molecule has 0 radical (unpaired) electrons. The quantitative estimate of drug-likeness (QED) is 0.122. The van der Waals surface area contributed by atoms with Gasteiger partial charge in [0.2, 0.25) is 0 Å². The Morgan fingerprint density at radius 2 is 1.29 bits per heavy atom. The van der Waals surface area contributed by atoms with Crippen molar-refractivity contribution in [3.8, 4) is 22.6 Å². The molecule has 3 atom stereocenters. The number of hydrogen-bond donors (Lipinski definition) is 2. The summed E-state index contributed by atoms with van der Waals surface area (Å²) in [6.07, 6.45) is 19.4. The highest BCUT2D eigenvalue weighted by Gasteiger charge is 2.52. The van der Waals surface area contributed by atoms with Crippen molar-refractivity contribution in [2.24, 2.45) is 23.7 Å². The first-order valence-electron chi connectivity index (χ1n) is 27.3. The molecule has 2 N–H and O–H groups in total. The Morgan fingerprint density at radius 1 is 0.667 bits per heavy atom. The molecule has 5 aromatic carbocycles. The van der Waals surface area contributed by atoms with E-state index >= 15 is 0 Å². The van der Waals surface area contributed by atoms with Crippen LogP contribution in [0.4, 0.5) is 0 Å². The summed E-state index contributed by atoms with van der Waals surface area (Å²) in [5.74, 6) is 4.37. The number of fused-ring (bicyclic) bond motifs is 3. The number of allylic oxidation sites excluding steroid dienone is 1. The minimum absolute atomic E-state index is 0.0198. The van der Waals surface area contributed by atoms with Crippen LogP contribution in [0.15, 0.2) is 91.0 Å². The number of hydrogen-bond acceptors (Lipinski definition) is 2. The molecule has 10 rings (SSSR count). The molecule has 3 unspecified atom stereocenters. The van der Waals surface area contributed by atoms with Crippen molar-refractivity contribution >= 4 is 6.08 Å². The van der Waals surface area contributed by atoms with Crippen LogP contribution in [0.5, 0.6) is 11.5 Å². The van der Waals surface area contributed by atoms with Gasteiger partial charge >= 0.3 is 0 Å². The molecule has 0 heterocycles. The lowest BCUT2D eigenvalue weighted by Gasteiger charge is -2.57. The van der Waals surface area contributed by atoms with Crippen LogP contribution in [0.25, 0.3) is 17.2 Å². The van der Waals surface area contributed by atoms with Crippen molar-refractivity contribution in [2.75, 3.05) is 0 Å². The van der Waals surface area contributed by atoms with Crippen LogP contribution in [-0.2, 0) is 40.9 Å². The molecule has 0 saturated heterocycles. The van der Waals surface area contributed by atoms with Crippen LogP contribution >= 0.6 is 0 Å². The van der Waals surface area contributed by atoms with Crippen LogP contribution in [0.2, 0.25) is 0 Å². The van der Waals surface area contributed by atoms with Gasteiger partial charge in [-0.05, 0) is 202 Å². The third-order valence-electron chi connectivity index (χ3n) is 18.0. The van der Waals surface area contributed by atoms with Gasteiger partial charge in [-0.1, -0.05) is 174 Å². The van der Waals surface area contributed by atoms with Gasteiger partial charge in [0.25, 0.3) is 0 Å². The Labute approximate surface area is 418 Å². The Hall–Kier alpha value is -4.56. The summed E-state index contributed by atoms with van der Waals surface area (Å²) in [6.45, 7) is 27.8. The van der Waals surface area contributed by atoms with E-state index in [-0.39, 0.29) is 27.6 Å². The van der Waals surface area contributed by atoms with Crippen LogP contribution in [0.3, 0.4) is 0 Å². The van der Waals surface area contributed by atoms with E-state index in [1.807, 2.05) is 0 Å². The normalized spacial score (nSPS) is 23.2. The van der Waals surface area contributed by atoms with Gasteiger partial charge in [-0.2, -0.15) is 0 Å². The first-order chi connectivity index (χ1) is 32.6. The molecular weight excluding hydrogens is 837 g/mol. The number of phenols is 2. The fourth-order valence-electron chi connectivity index (χ4n) is 14.2. The predicted octanol–water partition coefficient (Wildman–Crippen LogP) is 17.9. The zero-order chi connectivity index (χ0) is 49.2. The van der Waals surface area contributed by atoms with Gasteiger partial charge in [0, 0.05) is 22.6 Å². The minimum atomic E-state index is -0.0748. The van der Waals surface area contributed by atoms with E-state index in [4.69, 9.17) is 0 Å². The zero-order valence-electron chi connectivity index (χ0n) is 44.8. The van der Waals surface area contributed by atoms with Gasteiger partial charge in [-0.25, -0.2) is 0 Å². The van der Waals surface area contributed by atoms with E-state index in [1.165, 1.54) is 99.7 Å². The first-order valence-corrected chi connectivity index (χ1v) is 27.3. The monoisotopic (exact) mass is 923 g/mol. The standard InChI is InChI=1S/C67H86O2/c1-13-47(43(3)55-22-18-17-20-48(55)19-15-14-16-21-50-29-42(2)30-61(63(50)69)67-39-44-31-45(40-67)33-46(32-44)41-67)34-51-35-54(66(10,11)12)38-60(62(51)68)57-27-24-49-23-25-52(64(4,5)6)36-58(49)59-37-53(65(7,8)9)26-28-56(57)59/h16-18,20-23,25-26,28-30,35-38,43-47,57,68-69H,13-15,19,24,27,31-34,39-41H2,1-12H3. The fourth-order valence-corrected chi connectivity index (χ4v) is 14.2. The molecule has 2 nitrogen and oxygen atoms in total. The van der Waals surface area contributed by atoms with Crippen molar-refractivity contribution in [3.05, 3.63) is 158 Å². The topological polar surface area (TPSA) is 40.5 Å².